The van der Waals surface area contributed by atoms with Gasteiger partial charge in [0.2, 0.25) is 0 Å². The number of thiazole rings is 1. The molecule has 0 bridgehead atoms. The number of hydrogen-bond acceptors (Lipinski definition) is 5. The summed E-state index contributed by atoms with van der Waals surface area (Å²) in [4.78, 5) is 8.09. The van der Waals surface area contributed by atoms with Gasteiger partial charge in [-0.3, -0.25) is 0 Å². The van der Waals surface area contributed by atoms with Crippen LogP contribution < -0.4 is 14.8 Å². The van der Waals surface area contributed by atoms with Crippen molar-refractivity contribution in [2.24, 2.45) is 0 Å². The van der Waals surface area contributed by atoms with Crippen molar-refractivity contribution < 1.29 is 13.9 Å². The third-order valence-electron chi connectivity index (χ3n) is 4.72. The Morgan fingerprint density at radius 1 is 1.17 bits per heavy atom. The summed E-state index contributed by atoms with van der Waals surface area (Å²) >= 11 is 7.19. The first-order chi connectivity index (χ1) is 14.1. The van der Waals surface area contributed by atoms with E-state index in [1.807, 2.05) is 18.2 Å². The summed E-state index contributed by atoms with van der Waals surface area (Å²) < 4.78 is 24.1. The van der Waals surface area contributed by atoms with Gasteiger partial charge in [0.1, 0.15) is 10.8 Å². The number of hydrogen-bond donors (Lipinski definition) is 1. The number of anilines is 1. The van der Waals surface area contributed by atoms with Crippen LogP contribution >= 0.6 is 23.6 Å². The second-order valence-corrected chi connectivity index (χ2v) is 8.04. The molecule has 0 amide bonds. The zero-order valence-electron chi connectivity index (χ0n) is 16.1. The molecule has 0 radical (unpaired) electrons. The van der Waals surface area contributed by atoms with Crippen molar-refractivity contribution in [3.63, 3.8) is 0 Å². The van der Waals surface area contributed by atoms with Gasteiger partial charge in [-0.05, 0) is 48.6 Å². The number of aromatic nitrogens is 1. The molecule has 0 saturated carbocycles. The number of nitrogens with one attached hydrogen (secondary N) is 1. The van der Waals surface area contributed by atoms with Gasteiger partial charge in [-0.15, -0.1) is 11.3 Å². The van der Waals surface area contributed by atoms with Crippen LogP contribution in [0.1, 0.15) is 10.6 Å². The van der Waals surface area contributed by atoms with E-state index in [0.29, 0.717) is 28.8 Å². The lowest BCUT2D eigenvalue weighted by Gasteiger charge is -2.28. The Hall–Kier alpha value is -2.71. The largest absolute Gasteiger partial charge is 0.493 e. The van der Waals surface area contributed by atoms with Crippen molar-refractivity contribution in [2.45, 2.75) is 13.0 Å². The van der Waals surface area contributed by atoms with Crippen molar-refractivity contribution >= 4 is 34.4 Å². The SMILES string of the molecule is COc1ccc(-c2nc3c(s2)CN(C(=S)Nc2cccc(F)c2)CC3)cc1OC. The second-order valence-electron chi connectivity index (χ2n) is 6.57. The molecule has 0 aliphatic carbocycles. The lowest BCUT2D eigenvalue weighted by Crippen LogP contribution is -2.38. The first kappa shape index (κ1) is 19.6. The monoisotopic (exact) mass is 429 g/mol. The lowest BCUT2D eigenvalue weighted by atomic mass is 10.2. The van der Waals surface area contributed by atoms with Crippen molar-refractivity contribution in [1.82, 2.24) is 9.88 Å². The van der Waals surface area contributed by atoms with E-state index in [1.54, 1.807) is 37.7 Å². The van der Waals surface area contributed by atoms with Crippen LogP contribution in [0.2, 0.25) is 0 Å². The van der Waals surface area contributed by atoms with Crippen LogP contribution in [0.3, 0.4) is 0 Å². The molecule has 150 valence electrons. The molecule has 8 heteroatoms. The molecule has 5 nitrogen and oxygen atoms in total. The molecule has 2 heterocycles. The lowest BCUT2D eigenvalue weighted by molar-refractivity contribution is 0.355. The highest BCUT2D eigenvalue weighted by Crippen LogP contribution is 2.36. The molecular formula is C21H20FN3O2S2. The molecule has 0 saturated heterocycles. The Morgan fingerprint density at radius 3 is 2.76 bits per heavy atom. The summed E-state index contributed by atoms with van der Waals surface area (Å²) in [6.45, 7) is 1.45. The summed E-state index contributed by atoms with van der Waals surface area (Å²) in [5.41, 5.74) is 2.75. The molecule has 4 rings (SSSR count). The van der Waals surface area contributed by atoms with Crippen molar-refractivity contribution in [3.8, 4) is 22.1 Å². The highest BCUT2D eigenvalue weighted by Gasteiger charge is 2.23. The highest BCUT2D eigenvalue weighted by molar-refractivity contribution is 7.80. The average molecular weight is 430 g/mol. The van der Waals surface area contributed by atoms with E-state index in [-0.39, 0.29) is 5.82 Å². The van der Waals surface area contributed by atoms with Gasteiger partial charge in [0.05, 0.1) is 26.5 Å². The van der Waals surface area contributed by atoms with E-state index in [4.69, 9.17) is 26.7 Å². The van der Waals surface area contributed by atoms with Gasteiger partial charge in [-0.1, -0.05) is 6.07 Å². The first-order valence-electron chi connectivity index (χ1n) is 9.10. The van der Waals surface area contributed by atoms with E-state index >= 15 is 0 Å². The second kappa shape index (κ2) is 8.34. The summed E-state index contributed by atoms with van der Waals surface area (Å²) in [5, 5.41) is 4.65. The van der Waals surface area contributed by atoms with Crippen molar-refractivity contribution in [1.29, 1.82) is 0 Å². The van der Waals surface area contributed by atoms with Crippen LogP contribution in [0.15, 0.2) is 42.5 Å². The molecule has 0 unspecified atom stereocenters. The Labute approximate surface area is 178 Å². The molecule has 0 atom stereocenters. The van der Waals surface area contributed by atoms with Crippen LogP contribution in [-0.2, 0) is 13.0 Å². The number of ether oxygens (including phenoxy) is 2. The van der Waals surface area contributed by atoms with Crippen LogP contribution in [0.25, 0.3) is 10.6 Å². The molecule has 0 spiro atoms. The summed E-state index contributed by atoms with van der Waals surface area (Å²) in [5.74, 6) is 1.08. The maximum atomic E-state index is 13.4. The van der Waals surface area contributed by atoms with Gasteiger partial charge in [0.25, 0.3) is 0 Å². The Balaban J connectivity index is 1.51. The smallest absolute Gasteiger partial charge is 0.173 e. The van der Waals surface area contributed by atoms with Crippen LogP contribution in [-0.4, -0.2) is 35.8 Å². The Morgan fingerprint density at radius 2 is 2.00 bits per heavy atom. The van der Waals surface area contributed by atoms with Gasteiger partial charge >= 0.3 is 0 Å². The standard InChI is InChI=1S/C21H20FN3O2S2/c1-26-17-7-6-13(10-18(17)27-2)20-24-16-8-9-25(12-19(16)29-20)21(28)23-15-5-3-4-14(22)11-15/h3-7,10-11H,8-9,12H2,1-2H3,(H,23,28). The van der Waals surface area contributed by atoms with Gasteiger partial charge < -0.3 is 19.7 Å². The summed E-state index contributed by atoms with van der Waals surface area (Å²) in [6.07, 6.45) is 0.810. The number of fused-ring (bicyclic) bond motifs is 1. The number of nitrogens with zero attached hydrogens (tertiary/aromatic N) is 2. The van der Waals surface area contributed by atoms with Crippen molar-refractivity contribution in [2.75, 3.05) is 26.1 Å². The fraction of sp³-hybridized carbons (Fsp3) is 0.238. The summed E-state index contributed by atoms with van der Waals surface area (Å²) in [7, 11) is 3.24. The van der Waals surface area contributed by atoms with E-state index in [9.17, 15) is 4.39 Å². The van der Waals surface area contributed by atoms with Crippen LogP contribution in [0.4, 0.5) is 10.1 Å². The number of benzene rings is 2. The van der Waals surface area contributed by atoms with Gasteiger partial charge in [0, 0.05) is 29.1 Å². The molecule has 0 fully saturated rings. The predicted molar refractivity (Wildman–Crippen MR) is 117 cm³/mol. The van der Waals surface area contributed by atoms with Crippen molar-refractivity contribution in [3.05, 3.63) is 58.9 Å². The Kier molecular flexibility index (Phi) is 5.64. The normalized spacial score (nSPS) is 13.0. The molecule has 1 aliphatic heterocycles. The van der Waals surface area contributed by atoms with E-state index < -0.39 is 0 Å². The zero-order valence-corrected chi connectivity index (χ0v) is 17.7. The fourth-order valence-corrected chi connectivity index (χ4v) is 4.62. The van der Waals surface area contributed by atoms with Gasteiger partial charge in [-0.2, -0.15) is 0 Å². The molecule has 1 N–H and O–H groups in total. The molecule has 1 aliphatic rings. The third kappa shape index (κ3) is 4.18. The number of rotatable bonds is 4. The first-order valence-corrected chi connectivity index (χ1v) is 10.3. The van der Waals surface area contributed by atoms with Crippen LogP contribution in [0, 0.1) is 5.82 Å². The topological polar surface area (TPSA) is 46.6 Å². The average Bonchev–Trinajstić information content (AvgIpc) is 3.16. The summed E-state index contributed by atoms with van der Waals surface area (Å²) in [6, 6.07) is 12.1. The minimum absolute atomic E-state index is 0.291. The van der Waals surface area contributed by atoms with Gasteiger partial charge in [-0.25, -0.2) is 9.37 Å². The minimum atomic E-state index is -0.291. The molecule has 3 aromatic rings. The third-order valence-corrected chi connectivity index (χ3v) is 6.22. The predicted octanol–water partition coefficient (Wildman–Crippen LogP) is 4.72. The number of thiocarbonyl (C=S) groups is 1. The van der Waals surface area contributed by atoms with Gasteiger partial charge in [0.15, 0.2) is 16.6 Å². The Bertz CT molecular complexity index is 1050. The highest BCUT2D eigenvalue weighted by atomic mass is 32.1. The molecular weight excluding hydrogens is 409 g/mol. The molecule has 2 aromatic carbocycles. The van der Waals surface area contributed by atoms with E-state index in [2.05, 4.69) is 10.2 Å². The van der Waals surface area contributed by atoms with Crippen LogP contribution in [0.5, 0.6) is 11.5 Å². The number of halogens is 1. The van der Waals surface area contributed by atoms with E-state index in [0.717, 1.165) is 29.2 Å². The number of methoxy groups -OCH3 is 2. The zero-order chi connectivity index (χ0) is 20.4. The van der Waals surface area contributed by atoms with E-state index in [1.165, 1.54) is 17.0 Å². The minimum Gasteiger partial charge on any atom is -0.493 e. The molecule has 29 heavy (non-hydrogen) atoms. The maximum Gasteiger partial charge on any atom is 0.173 e. The maximum absolute atomic E-state index is 13.4. The molecule has 1 aromatic heterocycles. The fourth-order valence-electron chi connectivity index (χ4n) is 3.23. The quantitative estimate of drug-likeness (QED) is 0.606.